The quantitative estimate of drug-likeness (QED) is 0.194. The van der Waals surface area contributed by atoms with E-state index in [9.17, 15) is 13.0 Å². The molecule has 0 saturated carbocycles. The Balaban J connectivity index is 1.87. The molecule has 34 heavy (non-hydrogen) atoms. The smallest absolute Gasteiger partial charge is 0.295 e. The number of nitrogens with two attached hydrogens (primary N) is 1. The van der Waals surface area contributed by atoms with Gasteiger partial charge in [0.1, 0.15) is 16.2 Å². The third-order valence-corrected chi connectivity index (χ3v) is 6.76. The van der Waals surface area contributed by atoms with E-state index in [1.54, 1.807) is 36.4 Å². The second kappa shape index (κ2) is 8.13. The van der Waals surface area contributed by atoms with E-state index in [2.05, 4.69) is 0 Å². The molecule has 0 radical (unpaired) electrons. The molecule has 0 amide bonds. The summed E-state index contributed by atoms with van der Waals surface area (Å²) >= 11 is 0. The molecule has 0 bridgehead atoms. The Morgan fingerprint density at radius 3 is 2.32 bits per heavy atom. The zero-order chi connectivity index (χ0) is 24.0. The Morgan fingerprint density at radius 1 is 0.853 bits per heavy atom. The van der Waals surface area contributed by atoms with E-state index in [1.165, 1.54) is 6.07 Å². The van der Waals surface area contributed by atoms with Crippen LogP contribution >= 0.6 is 0 Å². The first-order chi connectivity index (χ1) is 16.2. The van der Waals surface area contributed by atoms with Crippen molar-refractivity contribution in [1.29, 1.82) is 0 Å². The number of anilines is 1. The molecule has 1 aliphatic carbocycles. The number of hydrogen-bond acceptors (Lipinski definition) is 5. The van der Waals surface area contributed by atoms with Gasteiger partial charge < -0.3 is 10.2 Å². The van der Waals surface area contributed by atoms with Crippen LogP contribution in [0.1, 0.15) is 11.1 Å². The summed E-state index contributed by atoms with van der Waals surface area (Å²) in [6, 6.07) is 23.1. The van der Waals surface area contributed by atoms with Gasteiger partial charge in [-0.1, -0.05) is 36.4 Å². The summed E-state index contributed by atoms with van der Waals surface area (Å²) in [5, 5.41) is 1.38. The second-order valence-corrected chi connectivity index (χ2v) is 9.63. The number of para-hydroxylation sites is 1. The van der Waals surface area contributed by atoms with Crippen LogP contribution in [0.5, 0.6) is 0 Å². The Morgan fingerprint density at radius 2 is 1.59 bits per heavy atom. The summed E-state index contributed by atoms with van der Waals surface area (Å²) in [4.78, 5) is 4.65. The highest BCUT2D eigenvalue weighted by molar-refractivity contribution is 7.86. The Bertz CT molecular complexity index is 1700. The molecule has 7 heteroatoms. The van der Waals surface area contributed by atoms with E-state index in [1.807, 2.05) is 50.2 Å². The molecule has 0 unspecified atom stereocenters. The van der Waals surface area contributed by atoms with Gasteiger partial charge in [0.2, 0.25) is 0 Å². The van der Waals surface area contributed by atoms with E-state index < -0.39 is 10.1 Å². The lowest BCUT2D eigenvalue weighted by molar-refractivity contribution is 0.483. The Labute approximate surface area is 197 Å². The summed E-state index contributed by atoms with van der Waals surface area (Å²) in [7, 11) is -4.46. The zero-order valence-electron chi connectivity index (χ0n) is 18.6. The highest BCUT2D eigenvalue weighted by atomic mass is 32.2. The van der Waals surface area contributed by atoms with Gasteiger partial charge in [-0.05, 0) is 55.3 Å². The first-order valence-electron chi connectivity index (χ1n) is 10.7. The van der Waals surface area contributed by atoms with Gasteiger partial charge in [0.05, 0.1) is 11.0 Å². The number of aryl methyl sites for hydroxylation is 2. The number of fused-ring (bicyclic) bond motifs is 2. The van der Waals surface area contributed by atoms with E-state index in [0.717, 1.165) is 16.8 Å². The van der Waals surface area contributed by atoms with Gasteiger partial charge in [0, 0.05) is 39.9 Å². The zero-order valence-corrected chi connectivity index (χ0v) is 19.4. The predicted molar refractivity (Wildman–Crippen MR) is 134 cm³/mol. The molecular weight excluding hydrogens is 448 g/mol. The van der Waals surface area contributed by atoms with Gasteiger partial charge in [0.15, 0.2) is 0 Å². The van der Waals surface area contributed by atoms with Crippen molar-refractivity contribution >= 4 is 32.5 Å². The fourth-order valence-corrected chi connectivity index (χ4v) is 4.96. The van der Waals surface area contributed by atoms with Crippen LogP contribution in [-0.4, -0.2) is 13.0 Å². The van der Waals surface area contributed by atoms with Crippen LogP contribution in [0.15, 0.2) is 93.2 Å². The third kappa shape index (κ3) is 3.85. The highest BCUT2D eigenvalue weighted by Gasteiger charge is 2.23. The number of rotatable bonds is 3. The van der Waals surface area contributed by atoms with E-state index in [0.29, 0.717) is 44.5 Å². The summed E-state index contributed by atoms with van der Waals surface area (Å²) < 4.78 is 40.4. The fourth-order valence-electron chi connectivity index (χ4n) is 4.26. The molecule has 0 saturated heterocycles. The minimum atomic E-state index is -4.46. The maximum absolute atomic E-state index is 12.2. The molecule has 5 rings (SSSR count). The molecule has 0 spiro atoms. The van der Waals surface area contributed by atoms with Gasteiger partial charge >= 0.3 is 0 Å². The van der Waals surface area contributed by atoms with Crippen molar-refractivity contribution in [1.82, 2.24) is 0 Å². The molecule has 3 aromatic carbocycles. The predicted octanol–water partition coefficient (Wildman–Crippen LogP) is 5.88. The molecule has 0 fully saturated rings. The summed E-state index contributed by atoms with van der Waals surface area (Å²) in [5.74, 6) is 0.519. The van der Waals surface area contributed by atoms with Crippen molar-refractivity contribution in [3.8, 4) is 22.5 Å². The average molecular weight is 471 g/mol. The van der Waals surface area contributed by atoms with Crippen molar-refractivity contribution in [3.63, 3.8) is 0 Å². The van der Waals surface area contributed by atoms with Crippen molar-refractivity contribution < 1.29 is 17.4 Å². The lowest BCUT2D eigenvalue weighted by Crippen LogP contribution is -2.05. The molecule has 3 aromatic rings. The minimum absolute atomic E-state index is 0.176. The number of nitrogen functional groups attached to an aromatic ring is 1. The molecule has 0 aromatic heterocycles. The summed E-state index contributed by atoms with van der Waals surface area (Å²) in [6.45, 7) is 4.02. The van der Waals surface area contributed by atoms with E-state index >= 15 is 0 Å². The van der Waals surface area contributed by atoms with Crippen LogP contribution < -0.4 is 11.1 Å². The highest BCUT2D eigenvalue weighted by Crippen LogP contribution is 2.42. The Kier molecular flexibility index (Phi) is 5.23. The summed E-state index contributed by atoms with van der Waals surface area (Å²) in [5.41, 5.74) is 11.7. The van der Waals surface area contributed by atoms with Crippen LogP contribution in [0.4, 0.5) is 11.4 Å². The van der Waals surface area contributed by atoms with Gasteiger partial charge in [-0.2, -0.15) is 8.42 Å². The normalized spacial score (nSPS) is 12.5. The van der Waals surface area contributed by atoms with Crippen molar-refractivity contribution in [3.05, 3.63) is 95.3 Å². The first-order valence-corrected chi connectivity index (χ1v) is 12.1. The first kappa shape index (κ1) is 21.9. The van der Waals surface area contributed by atoms with Crippen LogP contribution in [-0.2, 0) is 10.1 Å². The number of benzene rings is 4. The molecule has 1 aliphatic heterocycles. The molecule has 2 aliphatic rings. The monoisotopic (exact) mass is 470 g/mol. The van der Waals surface area contributed by atoms with Crippen LogP contribution in [0.2, 0.25) is 0 Å². The van der Waals surface area contributed by atoms with Crippen molar-refractivity contribution in [2.75, 3.05) is 5.73 Å². The van der Waals surface area contributed by atoms with Crippen LogP contribution in [0.3, 0.4) is 0 Å². The van der Waals surface area contributed by atoms with Gasteiger partial charge in [-0.3, -0.25) is 4.55 Å². The molecule has 0 atom stereocenters. The maximum Gasteiger partial charge on any atom is 0.295 e. The number of nitrogens with zero attached hydrogens (tertiary/aromatic N) is 1. The molecule has 3 N–H and O–H groups in total. The third-order valence-electron chi connectivity index (χ3n) is 5.84. The van der Waals surface area contributed by atoms with E-state index in [4.69, 9.17) is 15.1 Å². The Hall–Kier alpha value is -3.94. The summed E-state index contributed by atoms with van der Waals surface area (Å²) in [6.07, 6.45) is 0. The van der Waals surface area contributed by atoms with E-state index in [-0.39, 0.29) is 4.90 Å². The molecule has 170 valence electrons. The van der Waals surface area contributed by atoms with Gasteiger partial charge in [0.25, 0.3) is 10.1 Å². The van der Waals surface area contributed by atoms with Gasteiger partial charge in [-0.15, -0.1) is 0 Å². The average Bonchev–Trinajstić information content (AvgIpc) is 2.79. The van der Waals surface area contributed by atoms with Crippen molar-refractivity contribution in [2.24, 2.45) is 4.99 Å². The van der Waals surface area contributed by atoms with Crippen molar-refractivity contribution in [2.45, 2.75) is 18.7 Å². The fraction of sp³-hybridized carbons (Fsp3) is 0.0741. The van der Waals surface area contributed by atoms with Crippen LogP contribution in [0.25, 0.3) is 33.4 Å². The lowest BCUT2D eigenvalue weighted by Gasteiger charge is -2.17. The lowest BCUT2D eigenvalue weighted by atomic mass is 9.93. The molecule has 1 heterocycles. The topological polar surface area (TPSA) is 106 Å². The largest absolute Gasteiger partial charge is 0.456 e. The SMILES string of the molecule is Cc1cccc(C)c1N=c1ccc2c(-c3ccccc3S(=O)(=O)O)c3ccc(N)cc3oc-2c1. The molecular formula is C27H22N2O4S. The minimum Gasteiger partial charge on any atom is -0.456 e. The van der Waals surface area contributed by atoms with Crippen LogP contribution in [0, 0.1) is 13.8 Å². The standard InChI is InChI=1S/C27H22N2O4S/c1-16-6-5-7-17(2)27(16)29-19-11-13-21-24(15-19)33-23-14-18(28)10-12-20(23)26(21)22-8-3-4-9-25(22)34(30,31)32/h3-15H,28H2,1-2H3,(H,30,31,32). The molecule has 6 nitrogen and oxygen atoms in total. The second-order valence-electron chi connectivity index (χ2n) is 8.24. The maximum atomic E-state index is 12.2. The number of hydrogen-bond donors (Lipinski definition) is 2. The van der Waals surface area contributed by atoms with Gasteiger partial charge in [-0.25, -0.2) is 4.99 Å².